The number of likely N-dealkylation sites (tertiary alicyclic amines) is 1. The van der Waals surface area contributed by atoms with Gasteiger partial charge in [-0.25, -0.2) is 0 Å². The summed E-state index contributed by atoms with van der Waals surface area (Å²) in [6.07, 6.45) is 3.46. The molecule has 2 unspecified atom stereocenters. The van der Waals surface area contributed by atoms with E-state index in [9.17, 15) is 9.90 Å². The number of aliphatic hydroxyl groups is 1. The summed E-state index contributed by atoms with van der Waals surface area (Å²) in [7, 11) is 1.67. The molecule has 0 spiro atoms. The second-order valence-electron chi connectivity index (χ2n) is 7.16. The molecule has 0 bridgehead atoms. The van der Waals surface area contributed by atoms with E-state index in [0.29, 0.717) is 6.54 Å². The van der Waals surface area contributed by atoms with Crippen molar-refractivity contribution in [3.8, 4) is 5.75 Å². The Kier molecular flexibility index (Phi) is 4.37. The Morgan fingerprint density at radius 1 is 1.43 bits per heavy atom. The number of aliphatic hydroxyl groups excluding tert-OH is 1. The molecule has 126 valence electrons. The molecule has 2 aliphatic rings. The van der Waals surface area contributed by atoms with Gasteiger partial charge in [-0.15, -0.1) is 0 Å². The Morgan fingerprint density at radius 2 is 2.17 bits per heavy atom. The number of piperidine rings is 1. The van der Waals surface area contributed by atoms with Crippen LogP contribution in [0.2, 0.25) is 0 Å². The molecule has 0 aromatic heterocycles. The van der Waals surface area contributed by atoms with Crippen LogP contribution in [0.3, 0.4) is 0 Å². The number of aryl methyl sites for hydroxylation is 1. The van der Waals surface area contributed by atoms with Crippen molar-refractivity contribution < 1.29 is 14.6 Å². The third-order valence-corrected chi connectivity index (χ3v) is 5.55. The number of carbonyl (C=O) groups excluding carboxylic acids is 1. The van der Waals surface area contributed by atoms with Crippen LogP contribution in [0.25, 0.3) is 0 Å². The first-order valence-electron chi connectivity index (χ1n) is 8.60. The van der Waals surface area contributed by atoms with Crippen LogP contribution in [0.4, 0.5) is 0 Å². The summed E-state index contributed by atoms with van der Waals surface area (Å²) in [5.74, 6) is 1.28. The van der Waals surface area contributed by atoms with E-state index in [1.54, 1.807) is 7.11 Å². The van der Waals surface area contributed by atoms with Crippen LogP contribution in [-0.2, 0) is 10.2 Å². The van der Waals surface area contributed by atoms with Crippen molar-refractivity contribution in [3.63, 3.8) is 0 Å². The Morgan fingerprint density at radius 3 is 2.78 bits per heavy atom. The van der Waals surface area contributed by atoms with Crippen molar-refractivity contribution >= 4 is 5.91 Å². The summed E-state index contributed by atoms with van der Waals surface area (Å²) in [5.41, 5.74) is 1.80. The molecular formula is C19H27NO3. The molecule has 1 amide bonds. The summed E-state index contributed by atoms with van der Waals surface area (Å²) in [5, 5.41) is 9.86. The van der Waals surface area contributed by atoms with Gasteiger partial charge in [0.1, 0.15) is 5.75 Å². The van der Waals surface area contributed by atoms with Gasteiger partial charge in [-0.3, -0.25) is 4.79 Å². The molecule has 2 atom stereocenters. The van der Waals surface area contributed by atoms with Crippen LogP contribution in [0.1, 0.15) is 43.7 Å². The van der Waals surface area contributed by atoms with E-state index in [0.717, 1.165) is 49.1 Å². The monoisotopic (exact) mass is 317 g/mol. The second kappa shape index (κ2) is 6.16. The quantitative estimate of drug-likeness (QED) is 0.929. The maximum absolute atomic E-state index is 13.1. The van der Waals surface area contributed by atoms with E-state index in [4.69, 9.17) is 4.74 Å². The van der Waals surface area contributed by atoms with Crippen LogP contribution >= 0.6 is 0 Å². The zero-order valence-electron chi connectivity index (χ0n) is 14.3. The van der Waals surface area contributed by atoms with Crippen molar-refractivity contribution in [1.29, 1.82) is 0 Å². The number of amides is 1. The van der Waals surface area contributed by atoms with E-state index < -0.39 is 0 Å². The van der Waals surface area contributed by atoms with Crippen LogP contribution in [-0.4, -0.2) is 42.2 Å². The van der Waals surface area contributed by atoms with Gasteiger partial charge < -0.3 is 14.7 Å². The highest BCUT2D eigenvalue weighted by Crippen LogP contribution is 2.51. The lowest BCUT2D eigenvalue weighted by molar-refractivity contribution is -0.136. The van der Waals surface area contributed by atoms with Gasteiger partial charge in [-0.1, -0.05) is 12.1 Å². The van der Waals surface area contributed by atoms with Gasteiger partial charge in [-0.05, 0) is 56.7 Å². The molecule has 1 aliphatic heterocycles. The van der Waals surface area contributed by atoms with Crippen molar-refractivity contribution in [2.24, 2.45) is 5.92 Å². The van der Waals surface area contributed by atoms with Crippen molar-refractivity contribution in [1.82, 2.24) is 4.90 Å². The van der Waals surface area contributed by atoms with Crippen LogP contribution in [0.15, 0.2) is 18.2 Å². The molecule has 0 radical (unpaired) electrons. The molecule has 1 saturated carbocycles. The summed E-state index contributed by atoms with van der Waals surface area (Å²) < 4.78 is 5.42. The van der Waals surface area contributed by atoms with E-state index in [2.05, 4.69) is 6.07 Å². The predicted molar refractivity (Wildman–Crippen MR) is 89.6 cm³/mol. The zero-order valence-corrected chi connectivity index (χ0v) is 14.3. The topological polar surface area (TPSA) is 49.8 Å². The van der Waals surface area contributed by atoms with Crippen molar-refractivity contribution in [2.45, 2.75) is 51.0 Å². The fraction of sp³-hybridized carbons (Fsp3) is 0.632. The normalized spacial score (nSPS) is 24.2. The van der Waals surface area contributed by atoms with Crippen LogP contribution < -0.4 is 4.74 Å². The van der Waals surface area contributed by atoms with Crippen molar-refractivity contribution in [2.75, 3.05) is 20.2 Å². The molecule has 1 aromatic carbocycles. The van der Waals surface area contributed by atoms with E-state index in [-0.39, 0.29) is 23.3 Å². The number of carbonyl (C=O) groups is 1. The lowest BCUT2D eigenvalue weighted by atomic mass is 9.89. The Hall–Kier alpha value is -1.55. The third-order valence-electron chi connectivity index (χ3n) is 5.55. The maximum atomic E-state index is 13.1. The molecule has 4 heteroatoms. The molecule has 3 rings (SSSR count). The van der Waals surface area contributed by atoms with E-state index in [1.807, 2.05) is 30.9 Å². The lowest BCUT2D eigenvalue weighted by Crippen LogP contribution is -2.47. The van der Waals surface area contributed by atoms with Gasteiger partial charge in [0, 0.05) is 19.0 Å². The number of methoxy groups -OCH3 is 1. The minimum atomic E-state index is -0.360. The summed E-state index contributed by atoms with van der Waals surface area (Å²) >= 11 is 0. The smallest absolute Gasteiger partial charge is 0.233 e. The summed E-state index contributed by atoms with van der Waals surface area (Å²) in [6, 6.07) is 6.13. The Bertz CT molecular complexity index is 592. The lowest BCUT2D eigenvalue weighted by Gasteiger charge is -2.36. The van der Waals surface area contributed by atoms with Gasteiger partial charge in [0.15, 0.2) is 0 Å². The SMILES string of the molecule is COc1cc(C2(C(=O)N3CCCC(C(C)O)C3)CC2)ccc1C. The van der Waals surface area contributed by atoms with Gasteiger partial charge in [0.2, 0.25) is 5.91 Å². The van der Waals surface area contributed by atoms with Gasteiger partial charge >= 0.3 is 0 Å². The summed E-state index contributed by atoms with van der Waals surface area (Å²) in [6.45, 7) is 5.34. The molecular weight excluding hydrogens is 290 g/mol. The highest BCUT2D eigenvalue weighted by molar-refractivity contribution is 5.91. The van der Waals surface area contributed by atoms with E-state index in [1.165, 1.54) is 0 Å². The van der Waals surface area contributed by atoms with Gasteiger partial charge in [0.05, 0.1) is 18.6 Å². The zero-order chi connectivity index (χ0) is 16.6. The Labute approximate surface area is 138 Å². The molecule has 2 fully saturated rings. The number of ether oxygens (including phenoxy) is 1. The van der Waals surface area contributed by atoms with Gasteiger partial charge in [0.25, 0.3) is 0 Å². The predicted octanol–water partition coefficient (Wildman–Crippen LogP) is 2.65. The molecule has 1 N–H and O–H groups in total. The highest BCUT2D eigenvalue weighted by atomic mass is 16.5. The van der Waals surface area contributed by atoms with E-state index >= 15 is 0 Å². The fourth-order valence-corrected chi connectivity index (χ4v) is 3.76. The largest absolute Gasteiger partial charge is 0.496 e. The fourth-order valence-electron chi connectivity index (χ4n) is 3.76. The molecule has 1 heterocycles. The molecule has 1 saturated heterocycles. The molecule has 1 aromatic rings. The minimum absolute atomic E-state index is 0.205. The average Bonchev–Trinajstić information content (AvgIpc) is 3.36. The first-order valence-corrected chi connectivity index (χ1v) is 8.60. The molecule has 4 nitrogen and oxygen atoms in total. The molecule has 23 heavy (non-hydrogen) atoms. The number of hydrogen-bond donors (Lipinski definition) is 1. The molecule has 1 aliphatic carbocycles. The summed E-state index contributed by atoms with van der Waals surface area (Å²) in [4.78, 5) is 15.1. The van der Waals surface area contributed by atoms with Crippen LogP contribution in [0.5, 0.6) is 5.75 Å². The Balaban J connectivity index is 1.81. The second-order valence-corrected chi connectivity index (χ2v) is 7.16. The minimum Gasteiger partial charge on any atom is -0.496 e. The van der Waals surface area contributed by atoms with Crippen molar-refractivity contribution in [3.05, 3.63) is 29.3 Å². The standard InChI is InChI=1S/C19H27NO3/c1-13-6-7-16(11-17(13)23-3)19(8-9-19)18(22)20-10-4-5-15(12-20)14(2)21/h6-7,11,14-15,21H,4-5,8-10,12H2,1-3H3. The first kappa shape index (κ1) is 16.3. The number of benzene rings is 1. The van der Waals surface area contributed by atoms with Crippen LogP contribution in [0, 0.1) is 12.8 Å². The number of rotatable bonds is 4. The average molecular weight is 317 g/mol. The highest BCUT2D eigenvalue weighted by Gasteiger charge is 2.53. The first-order chi connectivity index (χ1) is 11.0. The maximum Gasteiger partial charge on any atom is 0.233 e. The number of hydrogen-bond acceptors (Lipinski definition) is 3. The number of nitrogens with zero attached hydrogens (tertiary/aromatic N) is 1. The van der Waals surface area contributed by atoms with Gasteiger partial charge in [-0.2, -0.15) is 0 Å². The third kappa shape index (κ3) is 2.97.